The first kappa shape index (κ1) is 22.8. The number of benzene rings is 3. The highest BCUT2D eigenvalue weighted by molar-refractivity contribution is 6.32. The first-order chi connectivity index (χ1) is 15.4. The molecular formula is C24H22ClN3O4. The van der Waals surface area contributed by atoms with E-state index in [4.69, 9.17) is 21.1 Å². The maximum atomic E-state index is 12.2. The predicted molar refractivity (Wildman–Crippen MR) is 125 cm³/mol. The fourth-order valence-electron chi connectivity index (χ4n) is 2.77. The lowest BCUT2D eigenvalue weighted by atomic mass is 10.2. The monoisotopic (exact) mass is 451 g/mol. The fourth-order valence-corrected chi connectivity index (χ4v) is 3.02. The van der Waals surface area contributed by atoms with Crippen molar-refractivity contribution >= 4 is 35.3 Å². The van der Waals surface area contributed by atoms with Gasteiger partial charge in [-0.3, -0.25) is 9.59 Å². The van der Waals surface area contributed by atoms with E-state index in [1.807, 2.05) is 25.1 Å². The number of nitrogens with zero attached hydrogens (tertiary/aromatic N) is 1. The molecule has 0 radical (unpaired) electrons. The smallest absolute Gasteiger partial charge is 0.271 e. The lowest BCUT2D eigenvalue weighted by molar-refractivity contribution is -0.118. The van der Waals surface area contributed by atoms with E-state index < -0.39 is 0 Å². The average molecular weight is 452 g/mol. The van der Waals surface area contributed by atoms with Gasteiger partial charge in [-0.25, -0.2) is 5.43 Å². The Labute approximate surface area is 191 Å². The second-order valence-electron chi connectivity index (χ2n) is 6.83. The second-order valence-corrected chi connectivity index (χ2v) is 7.23. The Hall–Kier alpha value is -3.84. The van der Waals surface area contributed by atoms with Crippen molar-refractivity contribution < 1.29 is 19.1 Å². The Balaban J connectivity index is 1.52. The van der Waals surface area contributed by atoms with Crippen molar-refractivity contribution in [3.8, 4) is 11.5 Å². The molecule has 2 N–H and O–H groups in total. The number of hydrazone groups is 1. The maximum absolute atomic E-state index is 12.2. The molecule has 3 aromatic carbocycles. The topological polar surface area (TPSA) is 89.0 Å². The largest absolute Gasteiger partial charge is 0.497 e. The average Bonchev–Trinajstić information content (AvgIpc) is 2.78. The molecule has 0 aliphatic carbocycles. The number of rotatable bonds is 8. The number of halogens is 1. The Morgan fingerprint density at radius 3 is 2.62 bits per heavy atom. The predicted octanol–water partition coefficient (Wildman–Crippen LogP) is 4.44. The molecule has 0 aliphatic rings. The number of nitrogens with one attached hydrogen (secondary N) is 2. The van der Waals surface area contributed by atoms with E-state index in [2.05, 4.69) is 15.8 Å². The molecule has 2 amide bonds. The highest BCUT2D eigenvalue weighted by Crippen LogP contribution is 2.25. The minimum Gasteiger partial charge on any atom is -0.497 e. The molecule has 8 heteroatoms. The molecule has 0 saturated heterocycles. The van der Waals surface area contributed by atoms with Crippen LogP contribution in [0.2, 0.25) is 5.02 Å². The van der Waals surface area contributed by atoms with Gasteiger partial charge >= 0.3 is 0 Å². The summed E-state index contributed by atoms with van der Waals surface area (Å²) in [4.78, 5) is 24.2. The van der Waals surface area contributed by atoms with Gasteiger partial charge < -0.3 is 14.8 Å². The third kappa shape index (κ3) is 6.58. The van der Waals surface area contributed by atoms with Crippen LogP contribution in [0.15, 0.2) is 71.8 Å². The van der Waals surface area contributed by atoms with Crippen molar-refractivity contribution in [1.29, 1.82) is 0 Å². The number of ether oxygens (including phenoxy) is 2. The third-order valence-electron chi connectivity index (χ3n) is 4.33. The van der Waals surface area contributed by atoms with Crippen LogP contribution < -0.4 is 20.2 Å². The van der Waals surface area contributed by atoms with Gasteiger partial charge in [-0.1, -0.05) is 29.8 Å². The lowest BCUT2D eigenvalue weighted by Crippen LogP contribution is -2.20. The first-order valence-electron chi connectivity index (χ1n) is 9.71. The molecule has 0 aliphatic heterocycles. The lowest BCUT2D eigenvalue weighted by Gasteiger charge is -2.09. The molecule has 7 nitrogen and oxygen atoms in total. The van der Waals surface area contributed by atoms with Crippen molar-refractivity contribution in [2.24, 2.45) is 5.10 Å². The summed E-state index contributed by atoms with van der Waals surface area (Å²) in [6, 6.07) is 19.2. The van der Waals surface area contributed by atoms with Gasteiger partial charge in [-0.2, -0.15) is 5.10 Å². The van der Waals surface area contributed by atoms with Gasteiger partial charge in [-0.05, 0) is 66.6 Å². The molecule has 0 saturated carbocycles. The highest BCUT2D eigenvalue weighted by Gasteiger charge is 2.08. The van der Waals surface area contributed by atoms with Crippen molar-refractivity contribution in [2.45, 2.75) is 6.92 Å². The van der Waals surface area contributed by atoms with Gasteiger partial charge in [-0.15, -0.1) is 0 Å². The van der Waals surface area contributed by atoms with E-state index in [-0.39, 0.29) is 18.4 Å². The van der Waals surface area contributed by atoms with Crippen LogP contribution in [0, 0.1) is 6.92 Å². The van der Waals surface area contributed by atoms with Crippen LogP contribution in [0.4, 0.5) is 5.69 Å². The number of hydrogen-bond donors (Lipinski definition) is 2. The van der Waals surface area contributed by atoms with Gasteiger partial charge in [0, 0.05) is 11.3 Å². The van der Waals surface area contributed by atoms with Crippen LogP contribution in [-0.4, -0.2) is 31.7 Å². The Morgan fingerprint density at radius 2 is 1.88 bits per heavy atom. The zero-order valence-corrected chi connectivity index (χ0v) is 18.3. The highest BCUT2D eigenvalue weighted by atomic mass is 35.5. The molecule has 0 aromatic heterocycles. The molecule has 0 atom stereocenters. The van der Waals surface area contributed by atoms with Gasteiger partial charge in [0.05, 0.1) is 18.3 Å². The SMILES string of the molecule is COc1cccc(C(=O)N/N=C/c2ccc(OCC(=O)Nc3cccc(C)c3)c(Cl)c2)c1. The van der Waals surface area contributed by atoms with E-state index in [0.717, 1.165) is 5.56 Å². The van der Waals surface area contributed by atoms with E-state index >= 15 is 0 Å². The van der Waals surface area contributed by atoms with Crippen LogP contribution in [-0.2, 0) is 4.79 Å². The summed E-state index contributed by atoms with van der Waals surface area (Å²) < 4.78 is 10.6. The van der Waals surface area contributed by atoms with E-state index in [9.17, 15) is 9.59 Å². The van der Waals surface area contributed by atoms with E-state index in [1.54, 1.807) is 48.5 Å². The van der Waals surface area contributed by atoms with Gasteiger partial charge in [0.15, 0.2) is 6.61 Å². The Kier molecular flexibility index (Phi) is 7.83. The zero-order valence-electron chi connectivity index (χ0n) is 17.6. The molecular weight excluding hydrogens is 430 g/mol. The second kappa shape index (κ2) is 11.0. The quantitative estimate of drug-likeness (QED) is 0.391. The summed E-state index contributed by atoms with van der Waals surface area (Å²) in [6.07, 6.45) is 1.46. The zero-order chi connectivity index (χ0) is 22.9. The van der Waals surface area contributed by atoms with Crippen molar-refractivity contribution in [2.75, 3.05) is 19.0 Å². The molecule has 32 heavy (non-hydrogen) atoms. The van der Waals surface area contributed by atoms with Gasteiger partial charge in [0.25, 0.3) is 11.8 Å². The van der Waals surface area contributed by atoms with Gasteiger partial charge in [0.1, 0.15) is 11.5 Å². The standard InChI is InChI=1S/C24H22ClN3O4/c1-16-5-3-7-19(11-16)27-23(29)15-32-22-10-9-17(12-21(22)25)14-26-28-24(30)18-6-4-8-20(13-18)31-2/h3-14H,15H2,1-2H3,(H,27,29)(H,28,30)/b26-14+. The summed E-state index contributed by atoms with van der Waals surface area (Å²) in [7, 11) is 1.53. The Bertz CT molecular complexity index is 1150. The molecule has 0 unspecified atom stereocenters. The van der Waals surface area contributed by atoms with Crippen LogP contribution in [0.1, 0.15) is 21.5 Å². The Morgan fingerprint density at radius 1 is 1.06 bits per heavy atom. The fraction of sp³-hybridized carbons (Fsp3) is 0.125. The molecule has 0 spiro atoms. The molecule has 164 valence electrons. The minimum atomic E-state index is -0.370. The van der Waals surface area contributed by atoms with E-state index in [0.29, 0.717) is 33.3 Å². The summed E-state index contributed by atoms with van der Waals surface area (Å²) in [5.74, 6) is 0.281. The summed E-state index contributed by atoms with van der Waals surface area (Å²) in [5.41, 5.74) is 5.27. The van der Waals surface area contributed by atoms with Crippen LogP contribution >= 0.6 is 11.6 Å². The molecule has 0 heterocycles. The van der Waals surface area contributed by atoms with Crippen LogP contribution in [0.25, 0.3) is 0 Å². The van der Waals surface area contributed by atoms with Crippen molar-refractivity contribution in [1.82, 2.24) is 5.43 Å². The number of hydrogen-bond acceptors (Lipinski definition) is 5. The van der Waals surface area contributed by atoms with E-state index in [1.165, 1.54) is 13.3 Å². The van der Waals surface area contributed by atoms with Gasteiger partial charge in [0.2, 0.25) is 0 Å². The van der Waals surface area contributed by atoms with Crippen molar-refractivity contribution in [3.05, 3.63) is 88.4 Å². The maximum Gasteiger partial charge on any atom is 0.271 e. The van der Waals surface area contributed by atoms with Crippen molar-refractivity contribution in [3.63, 3.8) is 0 Å². The minimum absolute atomic E-state index is 0.183. The molecule has 0 bridgehead atoms. The molecule has 3 rings (SSSR count). The van der Waals surface area contributed by atoms with Crippen LogP contribution in [0.3, 0.4) is 0 Å². The number of aryl methyl sites for hydroxylation is 1. The summed E-state index contributed by atoms with van der Waals surface area (Å²) >= 11 is 6.24. The van der Waals surface area contributed by atoms with Crippen LogP contribution in [0.5, 0.6) is 11.5 Å². The number of methoxy groups -OCH3 is 1. The first-order valence-corrected chi connectivity index (χ1v) is 10.1. The number of amides is 2. The molecule has 0 fully saturated rings. The summed E-state index contributed by atoms with van der Waals surface area (Å²) in [6.45, 7) is 1.76. The number of anilines is 1. The number of carbonyl (C=O) groups excluding carboxylic acids is 2. The third-order valence-corrected chi connectivity index (χ3v) is 4.62. The number of carbonyl (C=O) groups is 2. The molecule has 3 aromatic rings. The summed E-state index contributed by atoms with van der Waals surface area (Å²) in [5, 5.41) is 7.03. The normalized spacial score (nSPS) is 10.6.